The number of rotatable bonds is 1. The van der Waals surface area contributed by atoms with E-state index in [2.05, 4.69) is 4.85 Å². The molecule has 0 heterocycles. The SMILES string of the molecule is [C-]#[N+]c1ccc(B(C)C)cc1F. The van der Waals surface area contributed by atoms with E-state index in [0.29, 0.717) is 6.71 Å². The Balaban J connectivity index is 3.12. The quantitative estimate of drug-likeness (QED) is 0.439. The van der Waals surface area contributed by atoms with Crippen molar-refractivity contribution in [3.8, 4) is 0 Å². The lowest BCUT2D eigenvalue weighted by Gasteiger charge is -2.02. The molecule has 0 saturated carbocycles. The second kappa shape index (κ2) is 3.40. The van der Waals surface area contributed by atoms with Gasteiger partial charge < -0.3 is 0 Å². The number of hydrogen-bond acceptors (Lipinski definition) is 0. The molecule has 1 aromatic carbocycles. The third-order valence-corrected chi connectivity index (χ3v) is 1.76. The van der Waals surface area contributed by atoms with Crippen LogP contribution in [0.25, 0.3) is 4.85 Å². The van der Waals surface area contributed by atoms with E-state index in [1.165, 1.54) is 12.1 Å². The summed E-state index contributed by atoms with van der Waals surface area (Å²) in [6.45, 7) is 10.9. The van der Waals surface area contributed by atoms with Crippen LogP contribution in [0.4, 0.5) is 10.1 Å². The summed E-state index contributed by atoms with van der Waals surface area (Å²) in [7, 11) is 0. The van der Waals surface area contributed by atoms with Gasteiger partial charge in [0.1, 0.15) is 5.82 Å². The number of hydrogen-bond donors (Lipinski definition) is 0. The highest BCUT2D eigenvalue weighted by molar-refractivity contribution is 6.70. The predicted molar refractivity (Wildman–Crippen MR) is 49.8 cm³/mol. The Morgan fingerprint density at radius 2 is 2.08 bits per heavy atom. The van der Waals surface area contributed by atoms with Crippen molar-refractivity contribution in [1.82, 2.24) is 0 Å². The maximum Gasteiger partial charge on any atom is 0.222 e. The molecule has 12 heavy (non-hydrogen) atoms. The van der Waals surface area contributed by atoms with E-state index < -0.39 is 5.82 Å². The summed E-state index contributed by atoms with van der Waals surface area (Å²) >= 11 is 0. The zero-order valence-electron chi connectivity index (χ0n) is 7.13. The monoisotopic (exact) mass is 161 g/mol. The van der Waals surface area contributed by atoms with Crippen LogP contribution in [-0.4, -0.2) is 6.71 Å². The first kappa shape index (κ1) is 8.80. The average Bonchev–Trinajstić information content (AvgIpc) is 2.04. The van der Waals surface area contributed by atoms with Crippen LogP contribution < -0.4 is 5.46 Å². The molecule has 1 aromatic rings. The highest BCUT2D eigenvalue weighted by Gasteiger charge is 2.06. The van der Waals surface area contributed by atoms with Gasteiger partial charge in [0.25, 0.3) is 0 Å². The largest absolute Gasteiger partial charge is 0.235 e. The Kier molecular flexibility index (Phi) is 2.49. The summed E-state index contributed by atoms with van der Waals surface area (Å²) in [6.07, 6.45) is 0. The van der Waals surface area contributed by atoms with Gasteiger partial charge in [0, 0.05) is 0 Å². The Labute approximate surface area is 72.1 Å². The fourth-order valence-electron chi connectivity index (χ4n) is 0.973. The molecule has 1 rings (SSSR count). The minimum Gasteiger partial charge on any atom is -0.235 e. The van der Waals surface area contributed by atoms with Crippen LogP contribution in [0.1, 0.15) is 0 Å². The standard InChI is InChI=1S/C9H9BFN/c1-10(2)7-4-5-9(12-3)8(11)6-7/h4-6H,1-2H3. The van der Waals surface area contributed by atoms with Gasteiger partial charge in [-0.05, 0) is 6.07 Å². The van der Waals surface area contributed by atoms with E-state index >= 15 is 0 Å². The van der Waals surface area contributed by atoms with Crippen LogP contribution >= 0.6 is 0 Å². The van der Waals surface area contributed by atoms with Crippen LogP contribution in [0.3, 0.4) is 0 Å². The maximum atomic E-state index is 13.0. The van der Waals surface area contributed by atoms with E-state index in [1.54, 1.807) is 6.07 Å². The number of halogens is 1. The fourth-order valence-corrected chi connectivity index (χ4v) is 0.973. The fraction of sp³-hybridized carbons (Fsp3) is 0.222. The Morgan fingerprint density at radius 1 is 1.42 bits per heavy atom. The predicted octanol–water partition coefficient (Wildman–Crippen LogP) is 2.34. The molecule has 0 amide bonds. The van der Waals surface area contributed by atoms with E-state index in [-0.39, 0.29) is 5.69 Å². The third kappa shape index (κ3) is 1.65. The number of nitrogens with zero attached hydrogens (tertiary/aromatic N) is 1. The summed E-state index contributed by atoms with van der Waals surface area (Å²) in [5, 5.41) is 0. The topological polar surface area (TPSA) is 4.36 Å². The van der Waals surface area contributed by atoms with Crippen molar-refractivity contribution in [1.29, 1.82) is 0 Å². The number of benzene rings is 1. The summed E-state index contributed by atoms with van der Waals surface area (Å²) in [5.74, 6) is -0.420. The van der Waals surface area contributed by atoms with Crippen molar-refractivity contribution in [3.05, 3.63) is 35.4 Å². The summed E-state index contributed by atoms with van der Waals surface area (Å²) in [6, 6.07) is 4.75. The first-order chi connectivity index (χ1) is 5.65. The van der Waals surface area contributed by atoms with Gasteiger partial charge in [-0.2, -0.15) is 0 Å². The maximum absolute atomic E-state index is 13.0. The van der Waals surface area contributed by atoms with Gasteiger partial charge in [0.2, 0.25) is 5.69 Å². The minimum absolute atomic E-state index is 0.0967. The molecule has 0 aliphatic carbocycles. The van der Waals surface area contributed by atoms with Crippen molar-refractivity contribution < 1.29 is 4.39 Å². The zero-order chi connectivity index (χ0) is 9.14. The molecular formula is C9H9BFN. The minimum atomic E-state index is -0.420. The van der Waals surface area contributed by atoms with Crippen molar-refractivity contribution >= 4 is 17.9 Å². The second-order valence-electron chi connectivity index (χ2n) is 2.98. The molecule has 0 bridgehead atoms. The van der Waals surface area contributed by atoms with Crippen LogP contribution in [0.5, 0.6) is 0 Å². The Bertz CT molecular complexity index is 328. The van der Waals surface area contributed by atoms with E-state index in [1.807, 2.05) is 13.6 Å². The van der Waals surface area contributed by atoms with Crippen LogP contribution in [-0.2, 0) is 0 Å². The second-order valence-corrected chi connectivity index (χ2v) is 2.98. The molecule has 3 heteroatoms. The van der Waals surface area contributed by atoms with Gasteiger partial charge in [-0.15, -0.1) is 0 Å². The molecule has 0 aliphatic rings. The van der Waals surface area contributed by atoms with Gasteiger partial charge in [0.15, 0.2) is 6.71 Å². The molecule has 0 aromatic heterocycles. The van der Waals surface area contributed by atoms with E-state index in [0.717, 1.165) is 5.46 Å². The van der Waals surface area contributed by atoms with Crippen molar-refractivity contribution in [2.75, 3.05) is 0 Å². The summed E-state index contributed by atoms with van der Waals surface area (Å²) in [5.41, 5.74) is 1.03. The van der Waals surface area contributed by atoms with Crippen molar-refractivity contribution in [2.45, 2.75) is 13.6 Å². The normalized spacial score (nSPS) is 9.17. The molecular weight excluding hydrogens is 152 g/mol. The smallest absolute Gasteiger partial charge is 0.222 e. The first-order valence-corrected chi connectivity index (χ1v) is 3.82. The van der Waals surface area contributed by atoms with E-state index in [4.69, 9.17) is 6.57 Å². The van der Waals surface area contributed by atoms with Gasteiger partial charge in [-0.3, -0.25) is 0 Å². The molecule has 1 nitrogen and oxygen atoms in total. The Morgan fingerprint density at radius 3 is 2.50 bits per heavy atom. The lowest BCUT2D eigenvalue weighted by atomic mass is 9.49. The Hall–Kier alpha value is -1.30. The van der Waals surface area contributed by atoms with E-state index in [9.17, 15) is 4.39 Å². The van der Waals surface area contributed by atoms with Gasteiger partial charge in [0.05, 0.1) is 6.57 Å². The van der Waals surface area contributed by atoms with Crippen LogP contribution in [0.15, 0.2) is 18.2 Å². The van der Waals surface area contributed by atoms with Crippen LogP contribution in [0.2, 0.25) is 13.6 Å². The molecule has 0 radical (unpaired) electrons. The summed E-state index contributed by atoms with van der Waals surface area (Å²) < 4.78 is 13.0. The third-order valence-electron chi connectivity index (χ3n) is 1.76. The highest BCUT2D eigenvalue weighted by Crippen LogP contribution is 2.14. The summed E-state index contributed by atoms with van der Waals surface area (Å²) in [4.78, 5) is 3.05. The van der Waals surface area contributed by atoms with Gasteiger partial charge in [-0.25, -0.2) is 9.24 Å². The molecule has 0 saturated heterocycles. The van der Waals surface area contributed by atoms with Crippen molar-refractivity contribution in [2.24, 2.45) is 0 Å². The van der Waals surface area contributed by atoms with Gasteiger partial charge in [-0.1, -0.05) is 31.2 Å². The lowest BCUT2D eigenvalue weighted by Crippen LogP contribution is -2.22. The molecule has 0 aliphatic heterocycles. The van der Waals surface area contributed by atoms with Gasteiger partial charge >= 0.3 is 0 Å². The lowest BCUT2D eigenvalue weighted by molar-refractivity contribution is 0.634. The molecule has 0 fully saturated rings. The zero-order valence-corrected chi connectivity index (χ0v) is 7.13. The molecule has 0 atom stereocenters. The van der Waals surface area contributed by atoms with Crippen LogP contribution in [0, 0.1) is 12.4 Å². The average molecular weight is 161 g/mol. The molecule has 0 N–H and O–H groups in total. The molecule has 0 spiro atoms. The highest BCUT2D eigenvalue weighted by atomic mass is 19.1. The molecule has 0 unspecified atom stereocenters. The van der Waals surface area contributed by atoms with Crippen molar-refractivity contribution in [3.63, 3.8) is 0 Å². The molecule has 60 valence electrons. The first-order valence-electron chi connectivity index (χ1n) is 3.82.